The maximum Gasteiger partial charge on any atom is 0.261 e. The van der Waals surface area contributed by atoms with Crippen LogP contribution in [0.1, 0.15) is 122 Å². The zero-order valence-corrected chi connectivity index (χ0v) is 73.7. The highest BCUT2D eigenvalue weighted by molar-refractivity contribution is 6.34. The van der Waals surface area contributed by atoms with Gasteiger partial charge < -0.3 is 22.9 Å². The number of nitrogen functional groups attached to an aromatic ring is 4. The van der Waals surface area contributed by atoms with Crippen molar-refractivity contribution in [1.82, 2.24) is 82.3 Å². The monoisotopic (exact) mass is 1750 g/mol. The van der Waals surface area contributed by atoms with Crippen LogP contribution in [0.4, 0.5) is 23.3 Å². The summed E-state index contributed by atoms with van der Waals surface area (Å²) in [5.74, 6) is 6.24. The van der Waals surface area contributed by atoms with Gasteiger partial charge in [0, 0.05) is 139 Å². The average Bonchev–Trinajstić information content (AvgIpc) is 1.61. The van der Waals surface area contributed by atoms with Crippen molar-refractivity contribution in [2.24, 2.45) is 5.92 Å². The van der Waals surface area contributed by atoms with Crippen LogP contribution in [0.25, 0.3) is 156 Å². The summed E-state index contributed by atoms with van der Waals surface area (Å²) in [7, 11) is 0. The molecular formula is C108H90ClN21O2. The molecule has 21 aromatic rings. The number of halogens is 1. The summed E-state index contributed by atoms with van der Waals surface area (Å²) in [5, 5.41) is 4.85. The average molecular weight is 1750 g/mol. The number of fused-ring (bicyclic) bond motifs is 9. The molecule has 0 unspecified atom stereocenters. The number of imide groups is 1. The Morgan fingerprint density at radius 3 is 1.11 bits per heavy atom. The number of imidazole rings is 4. The molecule has 0 saturated heterocycles. The maximum absolute atomic E-state index is 12.9. The van der Waals surface area contributed by atoms with Crippen molar-refractivity contribution in [3.63, 3.8) is 0 Å². The molecule has 2 amide bonds. The summed E-state index contributed by atoms with van der Waals surface area (Å²) in [6, 6.07) is 87.0. The Hall–Kier alpha value is -16.3. The van der Waals surface area contributed by atoms with Gasteiger partial charge in [-0.25, -0.2) is 59.8 Å². The van der Waals surface area contributed by atoms with Gasteiger partial charge in [0.1, 0.15) is 91.4 Å². The molecule has 0 bridgehead atoms. The number of benzene rings is 9. The quantitative estimate of drug-likeness (QED) is 0.0826. The van der Waals surface area contributed by atoms with Crippen molar-refractivity contribution in [2.45, 2.75) is 89.9 Å². The number of aromatic nitrogens is 16. The van der Waals surface area contributed by atoms with Gasteiger partial charge in [0.05, 0.1) is 61.0 Å². The fourth-order valence-corrected chi connectivity index (χ4v) is 18.7. The molecule has 2 aliphatic carbocycles. The number of hydrogen-bond acceptors (Lipinski definition) is 18. The van der Waals surface area contributed by atoms with Crippen LogP contribution < -0.4 is 22.9 Å². The second-order valence-electron chi connectivity index (χ2n) is 34.9. The lowest BCUT2D eigenvalue weighted by Gasteiger charge is -2.30. The molecule has 0 spiro atoms. The Bertz CT molecular complexity index is 8020. The lowest BCUT2D eigenvalue weighted by Crippen LogP contribution is -2.35. The van der Waals surface area contributed by atoms with E-state index in [1.807, 2.05) is 133 Å². The molecule has 646 valence electrons. The van der Waals surface area contributed by atoms with Gasteiger partial charge in [0.2, 0.25) is 0 Å². The SMILES string of the molecule is CC(C)(C)c1nc(-c2ccc3ccc(-c4ccccc4)nc3c2)c2c(N)nccn12.Cc1nc(-c2ccc3ccc(-c4ccccc4)nc3c2)c2c(N)nccn12.Nc1nccn2c(C3CCC(CN4C(=O)c5ccccc5C4=O)CC3)nc(-c3ccc4ccc(-c5ccccc5)nc4c3)c12.Nc1nccn2c(C3CCC3)nc(-c3cc4nc(-c5ccccc5)ccc4cc3Cl)c12. The fraction of sp³-hybridized carbons (Fsp3) is 0.148. The van der Waals surface area contributed by atoms with Gasteiger partial charge >= 0.3 is 0 Å². The van der Waals surface area contributed by atoms with Crippen LogP contribution in [-0.4, -0.2) is 101 Å². The summed E-state index contributed by atoms with van der Waals surface area (Å²) in [4.78, 5) is 84.1. The first-order valence-electron chi connectivity index (χ1n) is 44.3. The molecule has 12 aromatic heterocycles. The maximum atomic E-state index is 12.9. The third-order valence-corrected chi connectivity index (χ3v) is 25.8. The summed E-state index contributed by atoms with van der Waals surface area (Å²) < 4.78 is 8.19. The van der Waals surface area contributed by atoms with E-state index in [0.29, 0.717) is 51.9 Å². The van der Waals surface area contributed by atoms with E-state index < -0.39 is 0 Å². The number of carbonyl (C=O) groups excluding carboxylic acids is 2. The third kappa shape index (κ3) is 15.7. The van der Waals surface area contributed by atoms with Gasteiger partial charge in [-0.15, -0.1) is 0 Å². The van der Waals surface area contributed by atoms with E-state index in [9.17, 15) is 9.59 Å². The highest BCUT2D eigenvalue weighted by Crippen LogP contribution is 2.45. The highest BCUT2D eigenvalue weighted by Gasteiger charge is 2.39. The largest absolute Gasteiger partial charge is 0.382 e. The molecule has 13 heterocycles. The Morgan fingerprint density at radius 2 is 0.689 bits per heavy atom. The Morgan fingerprint density at radius 1 is 0.341 bits per heavy atom. The van der Waals surface area contributed by atoms with Gasteiger partial charge in [-0.1, -0.05) is 233 Å². The summed E-state index contributed by atoms with van der Waals surface area (Å²) >= 11 is 6.75. The number of rotatable bonds is 12. The number of hydrogen-bond donors (Lipinski definition) is 4. The fourth-order valence-electron chi connectivity index (χ4n) is 18.5. The highest BCUT2D eigenvalue weighted by atomic mass is 35.5. The van der Waals surface area contributed by atoms with Crippen molar-refractivity contribution < 1.29 is 9.59 Å². The minimum absolute atomic E-state index is 0.134. The second-order valence-corrected chi connectivity index (χ2v) is 35.3. The molecule has 24 rings (SSSR count). The van der Waals surface area contributed by atoms with E-state index >= 15 is 0 Å². The Balaban J connectivity index is 0.000000108. The number of carbonyl (C=O) groups is 2. The number of nitrogens with two attached hydrogens (primary N) is 4. The van der Waals surface area contributed by atoms with Crippen LogP contribution >= 0.6 is 11.6 Å². The summed E-state index contributed by atoms with van der Waals surface area (Å²) in [6.45, 7) is 8.87. The van der Waals surface area contributed by atoms with Crippen LogP contribution in [0.2, 0.25) is 5.02 Å². The van der Waals surface area contributed by atoms with Gasteiger partial charge in [0.25, 0.3) is 11.8 Å². The predicted octanol–water partition coefficient (Wildman–Crippen LogP) is 22.9. The van der Waals surface area contributed by atoms with E-state index in [1.54, 1.807) is 49.1 Å². The van der Waals surface area contributed by atoms with Crippen LogP contribution in [-0.2, 0) is 5.41 Å². The van der Waals surface area contributed by atoms with Crippen molar-refractivity contribution in [3.8, 4) is 90.1 Å². The van der Waals surface area contributed by atoms with Crippen molar-refractivity contribution in [2.75, 3.05) is 29.5 Å². The number of aryl methyl sites for hydroxylation is 1. The number of nitrogens with zero attached hydrogens (tertiary/aromatic N) is 17. The molecule has 23 nitrogen and oxygen atoms in total. The van der Waals surface area contributed by atoms with Crippen LogP contribution in [0.5, 0.6) is 0 Å². The van der Waals surface area contributed by atoms with E-state index in [-0.39, 0.29) is 29.1 Å². The lowest BCUT2D eigenvalue weighted by atomic mass is 9.81. The van der Waals surface area contributed by atoms with Crippen LogP contribution in [0.15, 0.2) is 310 Å². The van der Waals surface area contributed by atoms with Gasteiger partial charge in [-0.3, -0.25) is 32.1 Å². The van der Waals surface area contributed by atoms with Crippen molar-refractivity contribution >= 4 is 112 Å². The zero-order valence-electron chi connectivity index (χ0n) is 72.9. The molecule has 0 radical (unpaired) electrons. The molecule has 0 atom stereocenters. The molecule has 9 aromatic carbocycles. The zero-order chi connectivity index (χ0) is 90.0. The van der Waals surface area contributed by atoms with E-state index in [0.717, 1.165) is 218 Å². The lowest BCUT2D eigenvalue weighted by molar-refractivity contribution is 0.0614. The minimum atomic E-state index is -0.180. The molecule has 132 heavy (non-hydrogen) atoms. The first-order valence-corrected chi connectivity index (χ1v) is 44.7. The van der Waals surface area contributed by atoms with Gasteiger partial charge in [0.15, 0.2) is 0 Å². The van der Waals surface area contributed by atoms with Gasteiger partial charge in [-0.2, -0.15) is 0 Å². The molecule has 8 N–H and O–H groups in total. The normalized spacial score (nSPS) is 14.5. The van der Waals surface area contributed by atoms with Crippen molar-refractivity contribution in [3.05, 3.63) is 350 Å². The van der Waals surface area contributed by atoms with E-state index in [4.69, 9.17) is 74.4 Å². The van der Waals surface area contributed by atoms with E-state index in [1.165, 1.54) is 11.3 Å². The third-order valence-electron chi connectivity index (χ3n) is 25.4. The Labute approximate surface area is 764 Å². The number of anilines is 4. The topological polar surface area (TPSA) is 314 Å². The molecule has 2 fully saturated rings. The predicted molar refractivity (Wildman–Crippen MR) is 526 cm³/mol. The molecule has 3 aliphatic rings. The van der Waals surface area contributed by atoms with Crippen LogP contribution in [0, 0.1) is 12.8 Å². The minimum Gasteiger partial charge on any atom is -0.382 e. The molecule has 2 saturated carbocycles. The first-order chi connectivity index (χ1) is 64.4. The van der Waals surface area contributed by atoms with E-state index in [2.05, 4.69) is 193 Å². The van der Waals surface area contributed by atoms with Crippen molar-refractivity contribution in [1.29, 1.82) is 0 Å². The summed E-state index contributed by atoms with van der Waals surface area (Å²) in [5.41, 5.74) is 48.0. The number of amides is 2. The molecule has 1 aliphatic heterocycles. The molecule has 24 heteroatoms. The van der Waals surface area contributed by atoms with Crippen LogP contribution in [0.3, 0.4) is 0 Å². The van der Waals surface area contributed by atoms with Gasteiger partial charge in [-0.05, 0) is 118 Å². The standard InChI is InChI=1S/C36H30N6O2.C25H20ClN5.C25H23N5.C22H17N5/c37-33-32-31(26-15-14-24-16-17-29(39-30(24)20-26)23-6-2-1-3-7-23)40-34(41(32)19-18-38-33)25-12-10-22(11-13-25)21-42-35(43)27-8-4-5-9-28(27)36(42)44;26-19-13-17-9-10-20(15-5-2-1-3-6-15)29-21(17)14-18(19)22-23-24(27)28-11-12-31(23)25(30-22)16-7-4-8-16;1-25(2,3)24-29-21(22-23(26)27-13-14-30(22)24)18-10-9-17-11-12-19(28-20(17)15-18)16-7-5-4-6-8-16;1-14-25-20(21-22(23)24-11-12-27(14)21)17-8-7-16-9-10-18(26-19(16)13-17)15-5-3-2-4-6-15/h1-9,14-20,22,25H,10-13,21H2,(H2,37,38);1-3,5-6,9-14,16H,4,7-8H2,(H2,27,28);4-15H,1-3H3,(H2,26,27);2-13H,1H3,(H2,23,24). The smallest absolute Gasteiger partial charge is 0.261 e. The summed E-state index contributed by atoms with van der Waals surface area (Å²) in [6.07, 6.45) is 21.7. The first kappa shape index (κ1) is 82.7. The Kier molecular flexibility index (Phi) is 21.5. The second kappa shape index (κ2) is 34.4. The number of pyridine rings is 4. The molecular weight excluding hydrogens is 1660 g/mol.